The van der Waals surface area contributed by atoms with Crippen LogP contribution in [0.25, 0.3) is 5.57 Å². The zero-order valence-corrected chi connectivity index (χ0v) is 16.6. The summed E-state index contributed by atoms with van der Waals surface area (Å²) in [5, 5.41) is 0.830. The van der Waals surface area contributed by atoms with Crippen molar-refractivity contribution < 1.29 is 13.2 Å². The van der Waals surface area contributed by atoms with Crippen molar-refractivity contribution in [3.63, 3.8) is 0 Å². The summed E-state index contributed by atoms with van der Waals surface area (Å²) in [6, 6.07) is 11.8. The van der Waals surface area contributed by atoms with Gasteiger partial charge in [0, 0.05) is 25.4 Å². The van der Waals surface area contributed by atoms with Crippen LogP contribution >= 0.6 is 23.2 Å². The first kappa shape index (κ1) is 19.0. The van der Waals surface area contributed by atoms with Crippen LogP contribution in [0.3, 0.4) is 0 Å². The van der Waals surface area contributed by atoms with Gasteiger partial charge in [-0.3, -0.25) is 4.79 Å². The van der Waals surface area contributed by atoms with Gasteiger partial charge in [0.1, 0.15) is 0 Å². The topological polar surface area (TPSA) is 54.5 Å². The van der Waals surface area contributed by atoms with Crippen molar-refractivity contribution in [3.05, 3.63) is 69.2 Å². The van der Waals surface area contributed by atoms with Crippen LogP contribution in [0, 0.1) is 0 Å². The summed E-state index contributed by atoms with van der Waals surface area (Å²) >= 11 is 12.2. The molecule has 0 aromatic heterocycles. The minimum Gasteiger partial charge on any atom is -0.342 e. The van der Waals surface area contributed by atoms with Gasteiger partial charge in [-0.15, -0.1) is 0 Å². The molecule has 1 aliphatic rings. The second kappa shape index (κ2) is 7.06. The summed E-state index contributed by atoms with van der Waals surface area (Å²) < 4.78 is 23.4. The molecule has 1 fully saturated rings. The van der Waals surface area contributed by atoms with E-state index in [0.29, 0.717) is 28.6 Å². The zero-order chi connectivity index (χ0) is 19.1. The van der Waals surface area contributed by atoms with E-state index in [1.165, 1.54) is 0 Å². The first-order valence-corrected chi connectivity index (χ1v) is 10.6. The molecule has 1 amide bonds. The predicted octanol–water partition coefficient (Wildman–Crippen LogP) is 4.06. The number of sulfone groups is 1. The molecule has 136 valence electrons. The van der Waals surface area contributed by atoms with Gasteiger partial charge in [-0.25, -0.2) is 8.42 Å². The number of rotatable bonds is 3. The predicted molar refractivity (Wildman–Crippen MR) is 104 cm³/mol. The van der Waals surface area contributed by atoms with Crippen molar-refractivity contribution in [1.29, 1.82) is 0 Å². The van der Waals surface area contributed by atoms with Crippen molar-refractivity contribution in [3.8, 4) is 0 Å². The van der Waals surface area contributed by atoms with E-state index >= 15 is 0 Å². The molecular weight excluding hydrogens is 393 g/mol. The van der Waals surface area contributed by atoms with E-state index in [9.17, 15) is 13.2 Å². The van der Waals surface area contributed by atoms with Gasteiger partial charge < -0.3 is 4.90 Å². The number of likely N-dealkylation sites (tertiary alicyclic amines) is 1. The van der Waals surface area contributed by atoms with E-state index < -0.39 is 9.84 Å². The van der Waals surface area contributed by atoms with Crippen LogP contribution < -0.4 is 0 Å². The summed E-state index contributed by atoms with van der Waals surface area (Å²) in [4.78, 5) is 14.5. The quantitative estimate of drug-likeness (QED) is 0.718. The summed E-state index contributed by atoms with van der Waals surface area (Å²) in [5.74, 6) is -0.0433. The highest BCUT2D eigenvalue weighted by Gasteiger charge is 2.27. The molecule has 0 radical (unpaired) electrons. The van der Waals surface area contributed by atoms with Gasteiger partial charge in [0.25, 0.3) is 0 Å². The van der Waals surface area contributed by atoms with E-state index in [1.54, 1.807) is 48.3 Å². The minimum absolute atomic E-state index is 0.0433. The minimum atomic E-state index is -3.29. The Kier molecular flexibility index (Phi) is 5.15. The summed E-state index contributed by atoms with van der Waals surface area (Å²) in [6.07, 6.45) is 1.77. The monoisotopic (exact) mass is 409 g/mol. The van der Waals surface area contributed by atoms with E-state index in [-0.39, 0.29) is 10.8 Å². The molecule has 4 nitrogen and oxygen atoms in total. The molecule has 0 bridgehead atoms. The van der Waals surface area contributed by atoms with Crippen molar-refractivity contribution in [2.45, 2.75) is 11.3 Å². The van der Waals surface area contributed by atoms with E-state index in [4.69, 9.17) is 23.2 Å². The molecule has 26 heavy (non-hydrogen) atoms. The van der Waals surface area contributed by atoms with Crippen LogP contribution in [0.1, 0.15) is 17.5 Å². The standard InChI is InChI=1S/C19H17Cl2NO3S/c1-22-10-9-15(19(22)23)18(13-5-8-16(20)17(21)11-13)12-3-6-14(7-4-12)26(2,24)25/h3-8,11H,9-10H2,1-2H3. The molecule has 1 saturated heterocycles. The lowest BCUT2D eigenvalue weighted by atomic mass is 9.92. The van der Waals surface area contributed by atoms with Gasteiger partial charge in [0.05, 0.1) is 14.9 Å². The fourth-order valence-electron chi connectivity index (χ4n) is 2.99. The number of carbonyl (C=O) groups excluding carboxylic acids is 1. The van der Waals surface area contributed by atoms with Crippen LogP contribution in [0.15, 0.2) is 52.9 Å². The summed E-state index contributed by atoms with van der Waals surface area (Å²) in [7, 11) is -1.53. The molecule has 2 aromatic rings. The number of hydrogen-bond donors (Lipinski definition) is 0. The normalized spacial score (nSPS) is 16.9. The average Bonchev–Trinajstić information content (AvgIpc) is 2.91. The van der Waals surface area contributed by atoms with Crippen LogP contribution in [-0.2, 0) is 14.6 Å². The molecule has 1 aliphatic heterocycles. The molecule has 7 heteroatoms. The fourth-order valence-corrected chi connectivity index (χ4v) is 3.91. The van der Waals surface area contributed by atoms with Gasteiger partial charge in [0.15, 0.2) is 9.84 Å². The number of amides is 1. The highest BCUT2D eigenvalue weighted by molar-refractivity contribution is 7.90. The average molecular weight is 410 g/mol. The van der Waals surface area contributed by atoms with Crippen molar-refractivity contribution in [2.24, 2.45) is 0 Å². The van der Waals surface area contributed by atoms with Crippen LogP contribution in [0.5, 0.6) is 0 Å². The molecule has 1 heterocycles. The fraction of sp³-hybridized carbons (Fsp3) is 0.211. The van der Waals surface area contributed by atoms with Crippen molar-refractivity contribution in [2.75, 3.05) is 19.8 Å². The molecular formula is C19H17Cl2NO3S. The molecule has 0 spiro atoms. The molecule has 0 unspecified atom stereocenters. The SMILES string of the molecule is CN1CCC(=C(c2ccc(S(C)(=O)=O)cc2)c2ccc(Cl)c(Cl)c2)C1=O. The molecule has 3 rings (SSSR count). The third-order valence-corrected chi connectivity index (χ3v) is 6.25. The first-order chi connectivity index (χ1) is 12.2. The number of likely N-dealkylation sites (N-methyl/N-ethyl adjacent to an activating group) is 1. The Labute approximate surface area is 163 Å². The number of halogens is 2. The second-order valence-corrected chi connectivity index (χ2v) is 9.09. The maximum atomic E-state index is 12.6. The zero-order valence-electron chi connectivity index (χ0n) is 14.3. The number of benzene rings is 2. The molecule has 0 saturated carbocycles. The van der Waals surface area contributed by atoms with Crippen molar-refractivity contribution in [1.82, 2.24) is 4.90 Å². The Morgan fingerprint density at radius 1 is 1.00 bits per heavy atom. The smallest absolute Gasteiger partial charge is 0.250 e. The van der Waals surface area contributed by atoms with Gasteiger partial charge in [-0.05, 0) is 47.4 Å². The number of carbonyl (C=O) groups is 1. The van der Waals surface area contributed by atoms with Crippen LogP contribution in [0.2, 0.25) is 10.0 Å². The van der Waals surface area contributed by atoms with Gasteiger partial charge in [-0.2, -0.15) is 0 Å². The molecule has 0 N–H and O–H groups in total. The largest absolute Gasteiger partial charge is 0.342 e. The summed E-state index contributed by atoms with van der Waals surface area (Å²) in [6.45, 7) is 0.639. The van der Waals surface area contributed by atoms with E-state index in [1.807, 2.05) is 6.07 Å². The Balaban J connectivity index is 2.20. The van der Waals surface area contributed by atoms with Gasteiger partial charge in [-0.1, -0.05) is 41.4 Å². The van der Waals surface area contributed by atoms with E-state index in [2.05, 4.69) is 0 Å². The highest BCUT2D eigenvalue weighted by Crippen LogP contribution is 2.35. The van der Waals surface area contributed by atoms with Crippen molar-refractivity contribution >= 4 is 44.5 Å². The molecule has 0 aliphatic carbocycles. The Morgan fingerprint density at radius 3 is 2.12 bits per heavy atom. The Morgan fingerprint density at radius 2 is 1.62 bits per heavy atom. The number of nitrogens with zero attached hydrogens (tertiary/aromatic N) is 1. The Hall–Kier alpha value is -1.82. The second-order valence-electron chi connectivity index (χ2n) is 6.26. The summed E-state index contributed by atoms with van der Waals surface area (Å²) in [5.41, 5.74) is 2.95. The van der Waals surface area contributed by atoms with Gasteiger partial charge in [0.2, 0.25) is 5.91 Å². The van der Waals surface area contributed by atoms with Gasteiger partial charge >= 0.3 is 0 Å². The third kappa shape index (κ3) is 3.65. The lowest BCUT2D eigenvalue weighted by Gasteiger charge is -2.14. The first-order valence-electron chi connectivity index (χ1n) is 7.93. The van der Waals surface area contributed by atoms with Crippen LogP contribution in [-0.4, -0.2) is 39.1 Å². The maximum absolute atomic E-state index is 12.6. The number of hydrogen-bond acceptors (Lipinski definition) is 3. The third-order valence-electron chi connectivity index (χ3n) is 4.38. The lowest BCUT2D eigenvalue weighted by molar-refractivity contribution is -0.123. The highest BCUT2D eigenvalue weighted by atomic mass is 35.5. The lowest BCUT2D eigenvalue weighted by Crippen LogP contribution is -2.19. The molecule has 2 aromatic carbocycles. The van der Waals surface area contributed by atoms with E-state index in [0.717, 1.165) is 23.0 Å². The molecule has 0 atom stereocenters. The van der Waals surface area contributed by atoms with Crippen LogP contribution in [0.4, 0.5) is 0 Å². The Bertz CT molecular complexity index is 1010. The maximum Gasteiger partial charge on any atom is 0.250 e.